The summed E-state index contributed by atoms with van der Waals surface area (Å²) in [6, 6.07) is 34.9. The molecule has 0 saturated heterocycles. The third-order valence-electron chi connectivity index (χ3n) is 15.9. The molecule has 0 radical (unpaired) electrons. The minimum atomic E-state index is 0.739. The van der Waals surface area contributed by atoms with Crippen LogP contribution in [-0.2, 0) is 0 Å². The lowest BCUT2D eigenvalue weighted by Crippen LogP contribution is -2.61. The fraction of sp³-hybridized carbons (Fsp3) is 0.500. The largest absolute Gasteiger partial charge is 0.135 e. The van der Waals surface area contributed by atoms with Crippen LogP contribution in [0.2, 0.25) is 0 Å². The van der Waals surface area contributed by atoms with Gasteiger partial charge in [0.2, 0.25) is 0 Å². The number of benzene rings is 4. The molecule has 250 valence electrons. The van der Waals surface area contributed by atoms with Crippen molar-refractivity contribution in [2.75, 3.05) is 0 Å². The highest BCUT2D eigenvalue weighted by Gasteiger charge is 2.62. The van der Waals surface area contributed by atoms with E-state index in [2.05, 4.69) is 91.0 Å². The van der Waals surface area contributed by atoms with Crippen molar-refractivity contribution in [3.63, 3.8) is 0 Å². The molecule has 0 N–H and O–H groups in total. The van der Waals surface area contributed by atoms with E-state index in [0.29, 0.717) is 0 Å². The standard InChI is InChI=1S/C48H52S/c1-2-10-29(11-3-1)34-16-7-21-42-44-28-33(23-25-45(44)49-48(34)42)31-13-6-12-30(26-31)32-22-24-37-40-19-8-17-38-35-14-4-5-15-36(35)39-18-9-20-41(43(37)27-32)47(39)46(38)40/h1-3,6-7,10-13,16,21,23,25-26,28,32,35-41,43,46-47H,4-5,8-9,14-15,17-20,22,24,27H2. The lowest BCUT2D eigenvalue weighted by molar-refractivity contribution is -0.188. The van der Waals surface area contributed by atoms with E-state index in [1.54, 1.807) is 50.5 Å². The van der Waals surface area contributed by atoms with E-state index < -0.39 is 0 Å². The summed E-state index contributed by atoms with van der Waals surface area (Å²) in [6.45, 7) is 0. The van der Waals surface area contributed by atoms with Crippen molar-refractivity contribution in [3.05, 3.63) is 96.6 Å². The van der Waals surface area contributed by atoms with E-state index in [1.807, 2.05) is 11.3 Å². The third kappa shape index (κ3) is 4.66. The fourth-order valence-electron chi connectivity index (χ4n) is 14.3. The average molecular weight is 661 g/mol. The fourth-order valence-corrected chi connectivity index (χ4v) is 15.5. The Labute approximate surface area is 297 Å². The molecule has 1 aromatic heterocycles. The minimum Gasteiger partial charge on any atom is -0.135 e. The topological polar surface area (TPSA) is 0 Å². The Morgan fingerprint density at radius 1 is 0.429 bits per heavy atom. The van der Waals surface area contributed by atoms with Crippen LogP contribution in [-0.4, -0.2) is 0 Å². The molecule has 11 atom stereocenters. The van der Waals surface area contributed by atoms with Crippen LogP contribution in [0.1, 0.15) is 95.0 Å². The molecule has 5 aromatic rings. The molecule has 6 saturated carbocycles. The normalized spacial score (nSPS) is 36.5. The molecule has 0 amide bonds. The van der Waals surface area contributed by atoms with Crippen molar-refractivity contribution in [1.29, 1.82) is 0 Å². The highest BCUT2D eigenvalue weighted by molar-refractivity contribution is 7.26. The van der Waals surface area contributed by atoms with Crippen LogP contribution in [0.15, 0.2) is 91.0 Å². The number of thiophene rings is 1. The molecule has 1 heteroatoms. The summed E-state index contributed by atoms with van der Waals surface area (Å²) in [4.78, 5) is 0. The highest BCUT2D eigenvalue weighted by atomic mass is 32.1. The lowest BCUT2D eigenvalue weighted by Gasteiger charge is -2.67. The quantitative estimate of drug-likeness (QED) is 0.181. The zero-order valence-corrected chi connectivity index (χ0v) is 29.9. The van der Waals surface area contributed by atoms with E-state index in [-0.39, 0.29) is 0 Å². The first kappa shape index (κ1) is 29.8. The van der Waals surface area contributed by atoms with Crippen LogP contribution in [0.25, 0.3) is 42.4 Å². The maximum absolute atomic E-state index is 2.61. The predicted octanol–water partition coefficient (Wildman–Crippen LogP) is 13.8. The zero-order chi connectivity index (χ0) is 32.1. The van der Waals surface area contributed by atoms with E-state index in [4.69, 9.17) is 0 Å². The summed E-state index contributed by atoms with van der Waals surface area (Å²) < 4.78 is 2.80. The number of rotatable bonds is 3. The second kappa shape index (κ2) is 11.8. The lowest BCUT2D eigenvalue weighted by atomic mass is 9.37. The highest BCUT2D eigenvalue weighted by Crippen LogP contribution is 2.69. The summed E-state index contributed by atoms with van der Waals surface area (Å²) >= 11 is 1.95. The second-order valence-electron chi connectivity index (χ2n) is 17.6. The molecule has 6 aliphatic carbocycles. The van der Waals surface area contributed by atoms with Gasteiger partial charge in [-0.15, -0.1) is 11.3 Å². The Bertz CT molecular complexity index is 2000. The maximum Gasteiger partial charge on any atom is 0.0433 e. The van der Waals surface area contributed by atoms with Crippen molar-refractivity contribution in [1.82, 2.24) is 0 Å². The van der Waals surface area contributed by atoms with Gasteiger partial charge in [0.05, 0.1) is 0 Å². The van der Waals surface area contributed by atoms with Gasteiger partial charge < -0.3 is 0 Å². The Balaban J connectivity index is 0.908. The van der Waals surface area contributed by atoms with E-state index in [0.717, 1.165) is 65.1 Å². The molecule has 0 bridgehead atoms. The second-order valence-corrected chi connectivity index (χ2v) is 18.7. The van der Waals surface area contributed by atoms with E-state index in [1.165, 1.54) is 81.0 Å². The Morgan fingerprint density at radius 2 is 1.06 bits per heavy atom. The van der Waals surface area contributed by atoms with E-state index >= 15 is 0 Å². The maximum atomic E-state index is 2.61. The molecule has 49 heavy (non-hydrogen) atoms. The SMILES string of the molecule is c1ccc(-c2cccc3c2sc2ccc(-c4cccc(C5CCC6C(C5)C5CCCC7C8CCCCC8C8CCCC6C8C75)c4)cc23)cc1. The summed E-state index contributed by atoms with van der Waals surface area (Å²) in [6.07, 6.45) is 20.0. The van der Waals surface area contributed by atoms with Gasteiger partial charge in [-0.25, -0.2) is 0 Å². The Morgan fingerprint density at radius 3 is 1.82 bits per heavy atom. The van der Waals surface area contributed by atoms with Crippen LogP contribution in [0, 0.1) is 59.2 Å². The molecule has 6 fully saturated rings. The van der Waals surface area contributed by atoms with Crippen LogP contribution >= 0.6 is 11.3 Å². The van der Waals surface area contributed by atoms with Gasteiger partial charge in [-0.1, -0.05) is 105 Å². The van der Waals surface area contributed by atoms with Gasteiger partial charge in [-0.3, -0.25) is 0 Å². The van der Waals surface area contributed by atoms with Gasteiger partial charge in [0.25, 0.3) is 0 Å². The molecule has 6 aliphatic rings. The van der Waals surface area contributed by atoms with Gasteiger partial charge in [0.1, 0.15) is 0 Å². The summed E-state index contributed by atoms with van der Waals surface area (Å²) in [5, 5.41) is 2.80. The molecule has 0 nitrogen and oxygen atoms in total. The minimum absolute atomic E-state index is 0.739. The summed E-state index contributed by atoms with van der Waals surface area (Å²) in [5.41, 5.74) is 7.08. The Kier molecular flexibility index (Phi) is 7.19. The first-order valence-corrected chi connectivity index (χ1v) is 21.2. The van der Waals surface area contributed by atoms with Crippen molar-refractivity contribution >= 4 is 31.5 Å². The smallest absolute Gasteiger partial charge is 0.0433 e. The van der Waals surface area contributed by atoms with Gasteiger partial charge in [-0.2, -0.15) is 0 Å². The number of hydrogen-bond donors (Lipinski definition) is 0. The summed E-state index contributed by atoms with van der Waals surface area (Å²) in [7, 11) is 0. The first-order valence-electron chi connectivity index (χ1n) is 20.4. The number of hydrogen-bond acceptors (Lipinski definition) is 1. The van der Waals surface area contributed by atoms with Gasteiger partial charge >= 0.3 is 0 Å². The Hall–Kier alpha value is -2.90. The van der Waals surface area contributed by atoms with E-state index in [9.17, 15) is 0 Å². The van der Waals surface area contributed by atoms with Crippen molar-refractivity contribution in [2.45, 2.75) is 89.4 Å². The molecule has 0 aliphatic heterocycles. The van der Waals surface area contributed by atoms with Crippen LogP contribution in [0.4, 0.5) is 0 Å². The van der Waals surface area contributed by atoms with Crippen molar-refractivity contribution < 1.29 is 0 Å². The summed E-state index contributed by atoms with van der Waals surface area (Å²) in [5.74, 6) is 11.4. The van der Waals surface area contributed by atoms with Crippen LogP contribution in [0.5, 0.6) is 0 Å². The predicted molar refractivity (Wildman–Crippen MR) is 208 cm³/mol. The molecule has 11 rings (SSSR count). The van der Waals surface area contributed by atoms with Crippen molar-refractivity contribution in [3.8, 4) is 22.3 Å². The molecule has 4 aromatic carbocycles. The van der Waals surface area contributed by atoms with Crippen molar-refractivity contribution in [2.24, 2.45) is 59.2 Å². The monoisotopic (exact) mass is 660 g/mol. The molecule has 11 unspecified atom stereocenters. The number of fused-ring (bicyclic) bond motifs is 9. The van der Waals surface area contributed by atoms with Gasteiger partial charge in [0.15, 0.2) is 0 Å². The van der Waals surface area contributed by atoms with Gasteiger partial charge in [0, 0.05) is 20.2 Å². The molecule has 0 spiro atoms. The average Bonchev–Trinajstić information content (AvgIpc) is 3.56. The third-order valence-corrected chi connectivity index (χ3v) is 17.1. The zero-order valence-electron chi connectivity index (χ0n) is 29.1. The molecule has 1 heterocycles. The molecular formula is C48H52S. The molecular weight excluding hydrogens is 609 g/mol. The van der Waals surface area contributed by atoms with Crippen LogP contribution in [0.3, 0.4) is 0 Å². The van der Waals surface area contributed by atoms with Gasteiger partial charge in [-0.05, 0) is 163 Å². The first-order chi connectivity index (χ1) is 24.3. The van der Waals surface area contributed by atoms with Crippen LogP contribution < -0.4 is 0 Å².